The van der Waals surface area contributed by atoms with E-state index in [0.717, 1.165) is 25.9 Å². The van der Waals surface area contributed by atoms with E-state index in [2.05, 4.69) is 11.3 Å². The molecule has 1 saturated heterocycles. The summed E-state index contributed by atoms with van der Waals surface area (Å²) in [6.45, 7) is 6.91. The molecule has 16 heavy (non-hydrogen) atoms. The number of methoxy groups -OCH3 is 1. The van der Waals surface area contributed by atoms with Crippen LogP contribution in [0.2, 0.25) is 0 Å². The molecule has 0 aromatic heterocycles. The number of hydrogen-bond donors (Lipinski definition) is 0. The maximum absolute atomic E-state index is 11.1. The minimum Gasteiger partial charge on any atom is -0.469 e. The molecule has 0 atom stereocenters. The SMILES string of the molecule is C=C(C(C)=O)N1CCC(CC(=O)OC)CC1. The number of carbonyl (C=O) groups is 2. The zero-order valence-corrected chi connectivity index (χ0v) is 9.99. The van der Waals surface area contributed by atoms with Gasteiger partial charge < -0.3 is 9.64 Å². The van der Waals surface area contributed by atoms with Gasteiger partial charge >= 0.3 is 5.97 Å². The zero-order valence-electron chi connectivity index (χ0n) is 9.99. The molecule has 0 unspecified atom stereocenters. The van der Waals surface area contributed by atoms with Crippen LogP contribution < -0.4 is 0 Å². The summed E-state index contributed by atoms with van der Waals surface area (Å²) in [5.41, 5.74) is 0.580. The third-order valence-corrected chi connectivity index (χ3v) is 3.09. The molecule has 0 N–H and O–H groups in total. The van der Waals surface area contributed by atoms with E-state index in [1.165, 1.54) is 14.0 Å². The predicted molar refractivity (Wildman–Crippen MR) is 60.8 cm³/mol. The number of likely N-dealkylation sites (tertiary alicyclic amines) is 1. The molecule has 0 radical (unpaired) electrons. The van der Waals surface area contributed by atoms with Crippen molar-refractivity contribution < 1.29 is 14.3 Å². The molecule has 4 nitrogen and oxygen atoms in total. The van der Waals surface area contributed by atoms with Crippen molar-refractivity contribution >= 4 is 11.8 Å². The van der Waals surface area contributed by atoms with E-state index in [0.29, 0.717) is 18.0 Å². The van der Waals surface area contributed by atoms with Crippen molar-refractivity contribution in [2.45, 2.75) is 26.2 Å². The summed E-state index contributed by atoms with van der Waals surface area (Å²) < 4.78 is 4.64. The molecule has 0 aromatic rings. The fourth-order valence-electron chi connectivity index (χ4n) is 1.95. The molecule has 0 spiro atoms. The number of rotatable bonds is 4. The standard InChI is InChI=1S/C12H19NO3/c1-9(10(2)14)13-6-4-11(5-7-13)8-12(15)16-3/h11H,1,4-8H2,2-3H3. The Morgan fingerprint density at radius 2 is 1.94 bits per heavy atom. The number of ether oxygens (including phenoxy) is 1. The van der Waals surface area contributed by atoms with Crippen LogP contribution in [0.15, 0.2) is 12.3 Å². The average molecular weight is 225 g/mol. The van der Waals surface area contributed by atoms with Crippen molar-refractivity contribution in [3.63, 3.8) is 0 Å². The van der Waals surface area contributed by atoms with Gasteiger partial charge in [0.05, 0.1) is 12.8 Å². The van der Waals surface area contributed by atoms with E-state index < -0.39 is 0 Å². The maximum Gasteiger partial charge on any atom is 0.305 e. The van der Waals surface area contributed by atoms with Gasteiger partial charge in [-0.1, -0.05) is 6.58 Å². The second-order valence-electron chi connectivity index (χ2n) is 4.21. The Balaban J connectivity index is 2.36. The Labute approximate surface area is 96.3 Å². The van der Waals surface area contributed by atoms with E-state index in [1.807, 2.05) is 4.90 Å². The van der Waals surface area contributed by atoms with Gasteiger partial charge in [-0.2, -0.15) is 0 Å². The number of allylic oxidation sites excluding steroid dienone is 1. The fraction of sp³-hybridized carbons (Fsp3) is 0.667. The molecular weight excluding hydrogens is 206 g/mol. The minimum absolute atomic E-state index is 0.0198. The summed E-state index contributed by atoms with van der Waals surface area (Å²) in [5, 5.41) is 0. The van der Waals surface area contributed by atoms with E-state index in [1.54, 1.807) is 0 Å². The number of piperidine rings is 1. The highest BCUT2D eigenvalue weighted by molar-refractivity contribution is 5.91. The van der Waals surface area contributed by atoms with Gasteiger partial charge in [-0.25, -0.2) is 0 Å². The molecule has 1 rings (SSSR count). The monoisotopic (exact) mass is 225 g/mol. The summed E-state index contributed by atoms with van der Waals surface area (Å²) in [7, 11) is 1.41. The van der Waals surface area contributed by atoms with Crippen LogP contribution in [0.25, 0.3) is 0 Å². The van der Waals surface area contributed by atoms with Crippen LogP contribution in [-0.2, 0) is 14.3 Å². The van der Waals surface area contributed by atoms with Crippen molar-refractivity contribution in [1.29, 1.82) is 0 Å². The van der Waals surface area contributed by atoms with E-state index in [4.69, 9.17) is 0 Å². The number of Topliss-reactive ketones (excluding diaryl/α,β-unsaturated/α-hetero) is 1. The smallest absolute Gasteiger partial charge is 0.305 e. The molecule has 0 amide bonds. The highest BCUT2D eigenvalue weighted by atomic mass is 16.5. The lowest BCUT2D eigenvalue weighted by molar-refractivity contribution is -0.142. The number of nitrogens with zero attached hydrogens (tertiary/aromatic N) is 1. The predicted octanol–water partition coefficient (Wildman–Crippen LogP) is 1.36. The highest BCUT2D eigenvalue weighted by Gasteiger charge is 2.23. The molecule has 0 aliphatic carbocycles. The van der Waals surface area contributed by atoms with Crippen LogP contribution in [0.1, 0.15) is 26.2 Å². The van der Waals surface area contributed by atoms with Crippen LogP contribution in [0.3, 0.4) is 0 Å². The van der Waals surface area contributed by atoms with Gasteiger partial charge in [0.1, 0.15) is 0 Å². The minimum atomic E-state index is -0.149. The average Bonchev–Trinajstić information content (AvgIpc) is 2.28. The van der Waals surface area contributed by atoms with Crippen molar-refractivity contribution in [3.8, 4) is 0 Å². The van der Waals surface area contributed by atoms with Gasteiger partial charge in [-0.05, 0) is 18.8 Å². The summed E-state index contributed by atoms with van der Waals surface area (Å²) in [6.07, 6.45) is 2.32. The zero-order chi connectivity index (χ0) is 12.1. The Morgan fingerprint density at radius 1 is 1.38 bits per heavy atom. The first-order valence-electron chi connectivity index (χ1n) is 5.56. The van der Waals surface area contributed by atoms with Crippen LogP contribution in [0.4, 0.5) is 0 Å². The number of carbonyl (C=O) groups excluding carboxylic acids is 2. The Kier molecular flexibility index (Phi) is 4.52. The van der Waals surface area contributed by atoms with Crippen LogP contribution in [-0.4, -0.2) is 36.9 Å². The second kappa shape index (κ2) is 5.68. The first-order chi connectivity index (χ1) is 7.54. The summed E-state index contributed by atoms with van der Waals surface area (Å²) in [4.78, 5) is 24.2. The topological polar surface area (TPSA) is 46.6 Å². The largest absolute Gasteiger partial charge is 0.469 e. The molecule has 1 aliphatic rings. The van der Waals surface area contributed by atoms with Crippen LogP contribution in [0.5, 0.6) is 0 Å². The second-order valence-corrected chi connectivity index (χ2v) is 4.21. The quantitative estimate of drug-likeness (QED) is 0.535. The third kappa shape index (κ3) is 3.36. The molecule has 0 aromatic carbocycles. The van der Waals surface area contributed by atoms with Gasteiger partial charge in [0.15, 0.2) is 5.78 Å². The van der Waals surface area contributed by atoms with E-state index in [9.17, 15) is 9.59 Å². The summed E-state index contributed by atoms with van der Waals surface area (Å²) in [5.74, 6) is 0.249. The maximum atomic E-state index is 11.1. The lowest BCUT2D eigenvalue weighted by Crippen LogP contribution is -2.35. The first-order valence-corrected chi connectivity index (χ1v) is 5.56. The third-order valence-electron chi connectivity index (χ3n) is 3.09. The number of esters is 1. The molecule has 1 heterocycles. The normalized spacial score (nSPS) is 17.0. The van der Waals surface area contributed by atoms with Gasteiger partial charge in [-0.3, -0.25) is 9.59 Å². The first kappa shape index (κ1) is 12.7. The summed E-state index contributed by atoms with van der Waals surface area (Å²) in [6, 6.07) is 0. The summed E-state index contributed by atoms with van der Waals surface area (Å²) >= 11 is 0. The van der Waals surface area contributed by atoms with Crippen molar-refractivity contribution in [2.75, 3.05) is 20.2 Å². The number of ketones is 1. The van der Waals surface area contributed by atoms with Crippen LogP contribution >= 0.6 is 0 Å². The molecular formula is C12H19NO3. The van der Waals surface area contributed by atoms with Gasteiger partial charge in [0.2, 0.25) is 0 Å². The fourth-order valence-corrected chi connectivity index (χ4v) is 1.95. The van der Waals surface area contributed by atoms with Crippen molar-refractivity contribution in [3.05, 3.63) is 12.3 Å². The van der Waals surface area contributed by atoms with Crippen LogP contribution in [0, 0.1) is 5.92 Å². The molecule has 0 saturated carbocycles. The van der Waals surface area contributed by atoms with E-state index in [-0.39, 0.29) is 11.8 Å². The Bertz CT molecular complexity index is 291. The van der Waals surface area contributed by atoms with Gasteiger partial charge in [-0.15, -0.1) is 0 Å². The highest BCUT2D eigenvalue weighted by Crippen LogP contribution is 2.23. The lowest BCUT2D eigenvalue weighted by atomic mass is 9.93. The molecule has 1 fully saturated rings. The molecule has 90 valence electrons. The number of hydrogen-bond acceptors (Lipinski definition) is 4. The Hall–Kier alpha value is -1.32. The van der Waals surface area contributed by atoms with E-state index >= 15 is 0 Å². The molecule has 4 heteroatoms. The van der Waals surface area contributed by atoms with Crippen molar-refractivity contribution in [2.24, 2.45) is 5.92 Å². The van der Waals surface area contributed by atoms with Gasteiger partial charge in [0.25, 0.3) is 0 Å². The van der Waals surface area contributed by atoms with Crippen molar-refractivity contribution in [1.82, 2.24) is 4.90 Å². The lowest BCUT2D eigenvalue weighted by Gasteiger charge is -2.33. The van der Waals surface area contributed by atoms with Gasteiger partial charge in [0, 0.05) is 26.4 Å². The molecule has 1 aliphatic heterocycles. The molecule has 0 bridgehead atoms. The Morgan fingerprint density at radius 3 is 2.38 bits per heavy atom.